The average Bonchev–Trinajstić information content (AvgIpc) is 3.32. The summed E-state index contributed by atoms with van der Waals surface area (Å²) in [7, 11) is 0. The minimum absolute atomic E-state index is 0.0222. The number of hydrogen-bond donors (Lipinski definition) is 1. The minimum Gasteiger partial charge on any atom is -0.324 e. The Hall–Kier alpha value is -2.48. The van der Waals surface area contributed by atoms with Gasteiger partial charge in [-0.25, -0.2) is 9.97 Å². The number of anilines is 2. The summed E-state index contributed by atoms with van der Waals surface area (Å²) in [6, 6.07) is 6.08. The second kappa shape index (κ2) is 10.1. The fourth-order valence-corrected chi connectivity index (χ4v) is 5.84. The Kier molecular flexibility index (Phi) is 7.07. The van der Waals surface area contributed by atoms with E-state index in [9.17, 15) is 18.0 Å². The third-order valence-electron chi connectivity index (χ3n) is 7.77. The molecular formula is C28H35F3N4O. The number of carbonyl (C=O) groups excluding carboxylic acids is 1. The molecule has 2 atom stereocenters. The Morgan fingerprint density at radius 3 is 2.64 bits per heavy atom. The van der Waals surface area contributed by atoms with Crippen molar-refractivity contribution in [1.82, 2.24) is 14.9 Å². The van der Waals surface area contributed by atoms with Gasteiger partial charge in [0.2, 0.25) is 5.95 Å². The highest BCUT2D eigenvalue weighted by Crippen LogP contribution is 2.39. The average molecular weight is 501 g/mol. The molecule has 1 aliphatic heterocycles. The first-order valence-electron chi connectivity index (χ1n) is 13.2. The number of halogens is 3. The predicted molar refractivity (Wildman–Crippen MR) is 133 cm³/mol. The van der Waals surface area contributed by atoms with E-state index in [4.69, 9.17) is 0 Å². The van der Waals surface area contributed by atoms with Gasteiger partial charge in [-0.05, 0) is 73.1 Å². The molecular weight excluding hydrogens is 465 g/mol. The number of Topliss-reactive ketones (excluding diaryl/α,β-unsaturated/α-hetero) is 1. The van der Waals surface area contributed by atoms with Gasteiger partial charge < -0.3 is 5.32 Å². The van der Waals surface area contributed by atoms with Crippen LogP contribution >= 0.6 is 0 Å². The largest absolute Gasteiger partial charge is 0.419 e. The Bertz CT molecular complexity index is 1110. The molecule has 0 radical (unpaired) electrons. The Morgan fingerprint density at radius 2 is 1.92 bits per heavy atom. The smallest absolute Gasteiger partial charge is 0.324 e. The summed E-state index contributed by atoms with van der Waals surface area (Å²) in [4.78, 5) is 23.6. The lowest BCUT2D eigenvalue weighted by molar-refractivity contribution is -0.138. The molecule has 3 aliphatic rings. The zero-order chi connectivity index (χ0) is 25.4. The highest BCUT2D eigenvalue weighted by molar-refractivity contribution is 5.81. The van der Waals surface area contributed by atoms with Crippen LogP contribution in [0.4, 0.5) is 24.8 Å². The van der Waals surface area contributed by atoms with Crippen molar-refractivity contribution < 1.29 is 18.0 Å². The summed E-state index contributed by atoms with van der Waals surface area (Å²) < 4.78 is 41.5. The van der Waals surface area contributed by atoms with E-state index in [-0.39, 0.29) is 41.6 Å². The van der Waals surface area contributed by atoms with E-state index in [0.29, 0.717) is 6.42 Å². The molecule has 2 heterocycles. The molecule has 5 nitrogen and oxygen atoms in total. The number of carbonyl (C=O) groups is 1. The van der Waals surface area contributed by atoms with E-state index in [2.05, 4.69) is 32.3 Å². The van der Waals surface area contributed by atoms with Crippen molar-refractivity contribution in [3.63, 3.8) is 0 Å². The first-order valence-corrected chi connectivity index (χ1v) is 13.2. The lowest BCUT2D eigenvalue weighted by Gasteiger charge is -2.21. The molecule has 194 valence electrons. The van der Waals surface area contributed by atoms with Crippen molar-refractivity contribution in [2.75, 3.05) is 11.9 Å². The molecule has 2 aliphatic carbocycles. The van der Waals surface area contributed by atoms with E-state index in [0.717, 1.165) is 56.7 Å². The Morgan fingerprint density at radius 1 is 1.14 bits per heavy atom. The van der Waals surface area contributed by atoms with Gasteiger partial charge in [0.25, 0.3) is 0 Å². The number of alkyl halides is 3. The molecule has 36 heavy (non-hydrogen) atoms. The van der Waals surface area contributed by atoms with Gasteiger partial charge in [0.1, 0.15) is 5.78 Å². The summed E-state index contributed by atoms with van der Waals surface area (Å²) >= 11 is 0. The van der Waals surface area contributed by atoms with Gasteiger partial charge in [0.15, 0.2) is 0 Å². The standard InChI is InChI=1S/C28H35F3N4O/c1-17(2)10-26(36)23-5-3-4-19(23)12-25-24(28(29,30)31)13-32-27(34-25)33-22-9-8-20-15-35(14-18-6-7-18)16-21(20)11-22/h8-9,11,13,17-19,23H,3-7,10,12,14-16H2,1-2H3,(H,32,33,34)/t19-,23-/m0/s1. The van der Waals surface area contributed by atoms with E-state index in [1.807, 2.05) is 19.9 Å². The van der Waals surface area contributed by atoms with Crippen molar-refractivity contribution in [2.45, 2.75) is 78.1 Å². The molecule has 2 fully saturated rings. The molecule has 2 saturated carbocycles. The summed E-state index contributed by atoms with van der Waals surface area (Å²) in [5.41, 5.74) is 2.49. The molecule has 0 spiro atoms. The molecule has 2 aromatic rings. The van der Waals surface area contributed by atoms with E-state index < -0.39 is 11.7 Å². The summed E-state index contributed by atoms with van der Waals surface area (Å²) in [6.07, 6.45) is 1.96. The number of ketones is 1. The molecule has 0 unspecified atom stereocenters. The maximum Gasteiger partial charge on any atom is 0.419 e. The maximum absolute atomic E-state index is 13.8. The quantitative estimate of drug-likeness (QED) is 0.424. The number of rotatable bonds is 9. The van der Waals surface area contributed by atoms with Crippen LogP contribution in [0.2, 0.25) is 0 Å². The van der Waals surface area contributed by atoms with Crippen LogP contribution in [-0.2, 0) is 30.5 Å². The molecule has 1 aromatic heterocycles. The lowest BCUT2D eigenvalue weighted by Crippen LogP contribution is -2.24. The number of nitrogens with zero attached hydrogens (tertiary/aromatic N) is 3. The van der Waals surface area contributed by atoms with Crippen LogP contribution in [0, 0.1) is 23.7 Å². The SMILES string of the molecule is CC(C)CC(=O)[C@H]1CCC[C@H]1Cc1nc(Nc2ccc3c(c2)CN(CC2CC2)C3)ncc1C(F)(F)F. The van der Waals surface area contributed by atoms with Gasteiger partial charge in [-0.2, -0.15) is 13.2 Å². The van der Waals surface area contributed by atoms with Crippen LogP contribution in [0.15, 0.2) is 24.4 Å². The third-order valence-corrected chi connectivity index (χ3v) is 7.77. The number of aromatic nitrogens is 2. The summed E-state index contributed by atoms with van der Waals surface area (Å²) in [5.74, 6) is 1.10. The molecule has 8 heteroatoms. The van der Waals surface area contributed by atoms with Crippen molar-refractivity contribution in [2.24, 2.45) is 23.7 Å². The van der Waals surface area contributed by atoms with Gasteiger partial charge in [-0.1, -0.05) is 26.3 Å². The normalized spacial score (nSPS) is 22.3. The van der Waals surface area contributed by atoms with Crippen molar-refractivity contribution in [1.29, 1.82) is 0 Å². The van der Waals surface area contributed by atoms with Crippen LogP contribution in [0.1, 0.15) is 74.8 Å². The Balaban J connectivity index is 1.33. The van der Waals surface area contributed by atoms with Gasteiger partial charge in [0, 0.05) is 43.9 Å². The van der Waals surface area contributed by atoms with E-state index in [1.165, 1.54) is 24.0 Å². The predicted octanol–water partition coefficient (Wildman–Crippen LogP) is 6.54. The molecule has 1 aromatic carbocycles. The molecule has 5 rings (SSSR count). The molecule has 1 N–H and O–H groups in total. The summed E-state index contributed by atoms with van der Waals surface area (Å²) in [6.45, 7) is 6.97. The van der Waals surface area contributed by atoms with Gasteiger partial charge >= 0.3 is 6.18 Å². The second-order valence-corrected chi connectivity index (χ2v) is 11.3. The maximum atomic E-state index is 13.8. The van der Waals surface area contributed by atoms with E-state index >= 15 is 0 Å². The minimum atomic E-state index is -4.54. The van der Waals surface area contributed by atoms with Crippen LogP contribution < -0.4 is 5.32 Å². The van der Waals surface area contributed by atoms with Gasteiger partial charge in [-0.3, -0.25) is 9.69 Å². The highest BCUT2D eigenvalue weighted by Gasteiger charge is 2.39. The molecule has 0 saturated heterocycles. The van der Waals surface area contributed by atoms with Gasteiger partial charge in [-0.15, -0.1) is 0 Å². The van der Waals surface area contributed by atoms with Crippen LogP contribution in [0.3, 0.4) is 0 Å². The van der Waals surface area contributed by atoms with Crippen LogP contribution in [0.25, 0.3) is 0 Å². The first-order chi connectivity index (χ1) is 17.2. The van der Waals surface area contributed by atoms with Gasteiger partial charge in [0.05, 0.1) is 11.3 Å². The zero-order valence-electron chi connectivity index (χ0n) is 21.1. The van der Waals surface area contributed by atoms with Crippen molar-refractivity contribution in [3.05, 3.63) is 46.8 Å². The van der Waals surface area contributed by atoms with Crippen molar-refractivity contribution >= 4 is 17.4 Å². The fraction of sp³-hybridized carbons (Fsp3) is 0.607. The number of benzene rings is 1. The zero-order valence-corrected chi connectivity index (χ0v) is 21.1. The summed E-state index contributed by atoms with van der Waals surface area (Å²) in [5, 5.41) is 3.13. The second-order valence-electron chi connectivity index (χ2n) is 11.3. The monoisotopic (exact) mass is 500 g/mol. The topological polar surface area (TPSA) is 58.1 Å². The van der Waals surface area contributed by atoms with Crippen molar-refractivity contribution in [3.8, 4) is 0 Å². The number of nitrogens with one attached hydrogen (secondary N) is 1. The number of hydrogen-bond acceptors (Lipinski definition) is 5. The van der Waals surface area contributed by atoms with E-state index in [1.54, 1.807) is 0 Å². The first kappa shape index (κ1) is 25.2. The molecule has 0 bridgehead atoms. The highest BCUT2D eigenvalue weighted by atomic mass is 19.4. The lowest BCUT2D eigenvalue weighted by atomic mass is 9.84. The molecule has 0 amide bonds. The van der Waals surface area contributed by atoms with Crippen LogP contribution in [-0.4, -0.2) is 27.2 Å². The number of fused-ring (bicyclic) bond motifs is 1. The Labute approximate surface area is 210 Å². The fourth-order valence-electron chi connectivity index (χ4n) is 5.84. The third kappa shape index (κ3) is 5.90. The van der Waals surface area contributed by atoms with Crippen LogP contribution in [0.5, 0.6) is 0 Å².